The Kier molecular flexibility index (Phi) is 4.04. The Bertz CT molecular complexity index is 620. The predicted octanol–water partition coefficient (Wildman–Crippen LogP) is 4.29. The number of halogens is 4. The topological polar surface area (TPSA) is 17.1 Å². The summed E-state index contributed by atoms with van der Waals surface area (Å²) >= 11 is 3.08. The Balaban J connectivity index is 2.31. The largest absolute Gasteiger partial charge is 0.294 e. The monoisotopic (exact) mass is 328 g/mol. The van der Waals surface area contributed by atoms with E-state index in [0.29, 0.717) is 10.5 Å². The first kappa shape index (κ1) is 13.8. The van der Waals surface area contributed by atoms with Crippen molar-refractivity contribution >= 4 is 21.7 Å². The molecule has 0 radical (unpaired) electrons. The lowest BCUT2D eigenvalue weighted by Crippen LogP contribution is -2.08. The van der Waals surface area contributed by atoms with Crippen LogP contribution in [0, 0.1) is 17.5 Å². The van der Waals surface area contributed by atoms with Crippen LogP contribution in [-0.4, -0.2) is 5.78 Å². The maximum atomic E-state index is 13.6. The smallest absolute Gasteiger partial charge is 0.171 e. The Morgan fingerprint density at radius 1 is 1.05 bits per heavy atom. The van der Waals surface area contributed by atoms with Crippen molar-refractivity contribution in [1.82, 2.24) is 0 Å². The summed E-state index contributed by atoms with van der Waals surface area (Å²) in [6.45, 7) is 0. The van der Waals surface area contributed by atoms with Gasteiger partial charge in [-0.1, -0.05) is 12.1 Å². The second-order valence-corrected chi connectivity index (χ2v) is 4.79. The molecule has 0 aliphatic carbocycles. The first-order chi connectivity index (χ1) is 8.99. The van der Waals surface area contributed by atoms with E-state index >= 15 is 0 Å². The number of Topliss-reactive ketones (excluding diaryl/α,β-unsaturated/α-hetero) is 1. The van der Waals surface area contributed by atoms with Crippen molar-refractivity contribution in [3.63, 3.8) is 0 Å². The summed E-state index contributed by atoms with van der Waals surface area (Å²) in [7, 11) is 0. The summed E-state index contributed by atoms with van der Waals surface area (Å²) in [4.78, 5) is 12.0. The molecule has 2 aromatic rings. The number of hydrogen-bond donors (Lipinski definition) is 0. The zero-order valence-corrected chi connectivity index (χ0v) is 11.2. The van der Waals surface area contributed by atoms with Crippen molar-refractivity contribution in [1.29, 1.82) is 0 Å². The van der Waals surface area contributed by atoms with E-state index in [1.165, 1.54) is 18.2 Å². The van der Waals surface area contributed by atoms with Crippen LogP contribution < -0.4 is 0 Å². The van der Waals surface area contributed by atoms with Gasteiger partial charge in [-0.3, -0.25) is 4.79 Å². The fourth-order valence-electron chi connectivity index (χ4n) is 1.69. The molecule has 5 heteroatoms. The van der Waals surface area contributed by atoms with E-state index in [1.807, 2.05) is 0 Å². The van der Waals surface area contributed by atoms with Crippen LogP contribution in [0.1, 0.15) is 15.9 Å². The summed E-state index contributed by atoms with van der Waals surface area (Å²) < 4.78 is 40.0. The molecule has 0 aliphatic rings. The normalized spacial score (nSPS) is 10.5. The minimum Gasteiger partial charge on any atom is -0.294 e. The lowest BCUT2D eigenvalue weighted by atomic mass is 10.0. The van der Waals surface area contributed by atoms with Crippen LogP contribution in [0.25, 0.3) is 0 Å². The van der Waals surface area contributed by atoms with Crippen LogP contribution in [-0.2, 0) is 6.42 Å². The van der Waals surface area contributed by atoms with E-state index < -0.39 is 23.2 Å². The Hall–Kier alpha value is -1.62. The van der Waals surface area contributed by atoms with Crippen LogP contribution in [0.5, 0.6) is 0 Å². The van der Waals surface area contributed by atoms with Gasteiger partial charge in [-0.2, -0.15) is 0 Å². The predicted molar refractivity (Wildman–Crippen MR) is 68.5 cm³/mol. The Labute approximate surface area is 116 Å². The quantitative estimate of drug-likeness (QED) is 0.768. The van der Waals surface area contributed by atoms with E-state index in [4.69, 9.17) is 0 Å². The highest BCUT2D eigenvalue weighted by Crippen LogP contribution is 2.22. The van der Waals surface area contributed by atoms with E-state index in [-0.39, 0.29) is 17.5 Å². The number of benzene rings is 2. The molecule has 98 valence electrons. The van der Waals surface area contributed by atoms with Gasteiger partial charge in [0.1, 0.15) is 17.5 Å². The standard InChI is InChI=1S/C14H8BrF3O/c15-10-2-1-3-11(17)14(10)13(19)6-8-4-5-9(16)7-12(8)18/h1-5,7H,6H2. The summed E-state index contributed by atoms with van der Waals surface area (Å²) in [5, 5.41) is 0. The van der Waals surface area contributed by atoms with Gasteiger partial charge in [0.25, 0.3) is 0 Å². The van der Waals surface area contributed by atoms with Crippen molar-refractivity contribution in [3.8, 4) is 0 Å². The third-order valence-corrected chi connectivity index (χ3v) is 3.27. The van der Waals surface area contributed by atoms with Gasteiger partial charge < -0.3 is 0 Å². The van der Waals surface area contributed by atoms with E-state index in [0.717, 1.165) is 12.1 Å². The van der Waals surface area contributed by atoms with Crippen molar-refractivity contribution in [2.24, 2.45) is 0 Å². The van der Waals surface area contributed by atoms with Crippen LogP contribution in [0.3, 0.4) is 0 Å². The lowest BCUT2D eigenvalue weighted by Gasteiger charge is -2.06. The molecule has 1 nitrogen and oxygen atoms in total. The number of rotatable bonds is 3. The molecule has 0 saturated heterocycles. The zero-order valence-electron chi connectivity index (χ0n) is 9.59. The number of carbonyl (C=O) groups excluding carboxylic acids is 1. The third kappa shape index (κ3) is 3.04. The van der Waals surface area contributed by atoms with Gasteiger partial charge >= 0.3 is 0 Å². The number of carbonyl (C=O) groups is 1. The molecule has 0 saturated carbocycles. The molecule has 2 rings (SSSR count). The van der Waals surface area contributed by atoms with Crippen molar-refractivity contribution < 1.29 is 18.0 Å². The number of hydrogen-bond acceptors (Lipinski definition) is 1. The molecule has 0 amide bonds. The van der Waals surface area contributed by atoms with E-state index in [1.54, 1.807) is 0 Å². The molecular formula is C14H8BrF3O. The zero-order chi connectivity index (χ0) is 14.0. The maximum absolute atomic E-state index is 13.6. The second kappa shape index (κ2) is 5.57. The first-order valence-corrected chi connectivity index (χ1v) is 6.19. The molecule has 2 aromatic carbocycles. The minimum absolute atomic E-state index is 0.0292. The molecule has 19 heavy (non-hydrogen) atoms. The first-order valence-electron chi connectivity index (χ1n) is 5.40. The molecule has 0 atom stereocenters. The maximum Gasteiger partial charge on any atom is 0.171 e. The van der Waals surface area contributed by atoms with Gasteiger partial charge in [0, 0.05) is 17.0 Å². The van der Waals surface area contributed by atoms with Crippen LogP contribution in [0.4, 0.5) is 13.2 Å². The highest BCUT2D eigenvalue weighted by Gasteiger charge is 2.17. The van der Waals surface area contributed by atoms with Crippen molar-refractivity contribution in [2.75, 3.05) is 0 Å². The van der Waals surface area contributed by atoms with Gasteiger partial charge in [0.2, 0.25) is 0 Å². The van der Waals surface area contributed by atoms with E-state index in [2.05, 4.69) is 15.9 Å². The van der Waals surface area contributed by atoms with Gasteiger partial charge in [-0.25, -0.2) is 13.2 Å². The second-order valence-electron chi connectivity index (χ2n) is 3.93. The Morgan fingerprint density at radius 3 is 2.42 bits per heavy atom. The number of ketones is 1. The highest BCUT2D eigenvalue weighted by atomic mass is 79.9. The van der Waals surface area contributed by atoms with Crippen molar-refractivity contribution in [3.05, 3.63) is 69.4 Å². The molecule has 0 aromatic heterocycles. The fourth-order valence-corrected chi connectivity index (χ4v) is 2.25. The fraction of sp³-hybridized carbons (Fsp3) is 0.0714. The molecule has 0 bridgehead atoms. The van der Waals surface area contributed by atoms with Gasteiger partial charge in [-0.15, -0.1) is 0 Å². The molecule has 0 unspecified atom stereocenters. The van der Waals surface area contributed by atoms with Crippen LogP contribution in [0.2, 0.25) is 0 Å². The van der Waals surface area contributed by atoms with E-state index in [9.17, 15) is 18.0 Å². The lowest BCUT2D eigenvalue weighted by molar-refractivity contribution is 0.0987. The van der Waals surface area contributed by atoms with Gasteiger partial charge in [0.05, 0.1) is 5.56 Å². The molecule has 0 fully saturated rings. The minimum atomic E-state index is -0.819. The van der Waals surface area contributed by atoms with Crippen LogP contribution >= 0.6 is 15.9 Å². The summed E-state index contributed by atoms with van der Waals surface area (Å²) in [6.07, 6.45) is -0.328. The Morgan fingerprint density at radius 2 is 1.79 bits per heavy atom. The average molecular weight is 329 g/mol. The van der Waals surface area contributed by atoms with Crippen LogP contribution in [0.15, 0.2) is 40.9 Å². The molecule has 0 heterocycles. The molecular weight excluding hydrogens is 321 g/mol. The highest BCUT2D eigenvalue weighted by molar-refractivity contribution is 9.10. The van der Waals surface area contributed by atoms with Crippen molar-refractivity contribution in [2.45, 2.75) is 6.42 Å². The molecule has 0 N–H and O–H groups in total. The summed E-state index contributed by atoms with van der Waals surface area (Å²) in [6, 6.07) is 7.06. The summed E-state index contributed by atoms with van der Waals surface area (Å²) in [5.41, 5.74) is -0.104. The average Bonchev–Trinajstić information content (AvgIpc) is 2.32. The molecule has 0 spiro atoms. The van der Waals surface area contributed by atoms with Gasteiger partial charge in [0.15, 0.2) is 5.78 Å². The van der Waals surface area contributed by atoms with Gasteiger partial charge in [-0.05, 0) is 39.7 Å². The third-order valence-electron chi connectivity index (χ3n) is 2.61. The SMILES string of the molecule is O=C(Cc1ccc(F)cc1F)c1c(F)cccc1Br. The molecule has 0 aliphatic heterocycles. The summed E-state index contributed by atoms with van der Waals surface area (Å²) in [5.74, 6) is -2.79.